The van der Waals surface area contributed by atoms with Gasteiger partial charge in [0.25, 0.3) is 0 Å². The van der Waals surface area contributed by atoms with Gasteiger partial charge in [0.15, 0.2) is 0 Å². The summed E-state index contributed by atoms with van der Waals surface area (Å²) in [5, 5.41) is 1.15. The molecule has 4 nitrogen and oxygen atoms in total. The summed E-state index contributed by atoms with van der Waals surface area (Å²) in [6, 6.07) is 8.51. The molecule has 1 saturated heterocycles. The molecule has 2 heterocycles. The Morgan fingerprint density at radius 2 is 2.35 bits per heavy atom. The summed E-state index contributed by atoms with van der Waals surface area (Å²) in [4.78, 5) is 4.70. The van der Waals surface area contributed by atoms with Crippen molar-refractivity contribution in [2.75, 3.05) is 6.61 Å². The second-order valence-corrected chi connectivity index (χ2v) is 6.44. The van der Waals surface area contributed by atoms with Gasteiger partial charge < -0.3 is 4.74 Å². The van der Waals surface area contributed by atoms with Crippen LogP contribution in [0.1, 0.15) is 24.8 Å². The van der Waals surface area contributed by atoms with Gasteiger partial charge in [-0.1, -0.05) is 19.1 Å². The number of rotatable bonds is 5. The third-order valence-corrected chi connectivity index (χ3v) is 5.19. The molecule has 3 N–H and O–H groups in total. The van der Waals surface area contributed by atoms with E-state index in [0.717, 1.165) is 36.4 Å². The van der Waals surface area contributed by atoms with Crippen LogP contribution in [0.5, 0.6) is 0 Å². The van der Waals surface area contributed by atoms with E-state index in [1.807, 2.05) is 6.07 Å². The lowest BCUT2D eigenvalue weighted by molar-refractivity contribution is 0.0775. The minimum atomic E-state index is 0.239. The van der Waals surface area contributed by atoms with Crippen molar-refractivity contribution in [1.29, 1.82) is 0 Å². The zero-order chi connectivity index (χ0) is 13.9. The van der Waals surface area contributed by atoms with E-state index in [2.05, 4.69) is 30.5 Å². The fraction of sp³-hybridized carbons (Fsp3) is 0.533. The molecule has 20 heavy (non-hydrogen) atoms. The lowest BCUT2D eigenvalue weighted by Crippen LogP contribution is -2.45. The quantitative estimate of drug-likeness (QED) is 0.656. The average Bonchev–Trinajstić information content (AvgIpc) is 3.10. The van der Waals surface area contributed by atoms with Gasteiger partial charge in [0.1, 0.15) is 0 Å². The summed E-state index contributed by atoms with van der Waals surface area (Å²) in [5.74, 6) is 6.27. The van der Waals surface area contributed by atoms with E-state index in [4.69, 9.17) is 15.6 Å². The maximum Gasteiger partial charge on any atom is 0.0954 e. The third kappa shape index (κ3) is 2.72. The molecule has 108 valence electrons. The highest BCUT2D eigenvalue weighted by Gasteiger charge is 2.33. The molecule has 1 aliphatic rings. The van der Waals surface area contributed by atoms with Crippen LogP contribution in [0, 0.1) is 5.92 Å². The van der Waals surface area contributed by atoms with Gasteiger partial charge in [0.05, 0.1) is 21.3 Å². The molecule has 1 aliphatic heterocycles. The SMILES string of the molecule is CCC1OCCC1C(Cc1nc2ccccc2s1)NN. The summed E-state index contributed by atoms with van der Waals surface area (Å²) in [5.41, 5.74) is 4.07. The number of fused-ring (bicyclic) bond motifs is 1. The van der Waals surface area contributed by atoms with Crippen LogP contribution < -0.4 is 11.3 Å². The smallest absolute Gasteiger partial charge is 0.0954 e. The minimum absolute atomic E-state index is 0.239. The molecule has 0 saturated carbocycles. The summed E-state index contributed by atoms with van der Waals surface area (Å²) in [6.07, 6.45) is 3.33. The first-order valence-electron chi connectivity index (χ1n) is 7.24. The van der Waals surface area contributed by atoms with Crippen molar-refractivity contribution in [3.05, 3.63) is 29.3 Å². The van der Waals surface area contributed by atoms with Gasteiger partial charge in [-0.3, -0.25) is 11.3 Å². The lowest BCUT2D eigenvalue weighted by Gasteiger charge is -2.25. The molecule has 1 aromatic heterocycles. The van der Waals surface area contributed by atoms with E-state index in [1.54, 1.807) is 11.3 Å². The van der Waals surface area contributed by atoms with E-state index < -0.39 is 0 Å². The van der Waals surface area contributed by atoms with Gasteiger partial charge in [0, 0.05) is 25.0 Å². The molecule has 1 fully saturated rings. The highest BCUT2D eigenvalue weighted by Crippen LogP contribution is 2.30. The van der Waals surface area contributed by atoms with Crippen LogP contribution in [-0.4, -0.2) is 23.7 Å². The molecule has 3 rings (SSSR count). The van der Waals surface area contributed by atoms with Crippen molar-refractivity contribution in [2.24, 2.45) is 11.8 Å². The summed E-state index contributed by atoms with van der Waals surface area (Å²) < 4.78 is 7.03. The molecular formula is C15H21N3OS. The van der Waals surface area contributed by atoms with Crippen LogP contribution in [0.4, 0.5) is 0 Å². The number of thiazole rings is 1. The Hall–Kier alpha value is -1.01. The normalized spacial score (nSPS) is 24.3. The first-order chi connectivity index (χ1) is 9.81. The Balaban J connectivity index is 1.77. The number of hydrazine groups is 1. The van der Waals surface area contributed by atoms with Gasteiger partial charge in [0.2, 0.25) is 0 Å². The molecule has 3 unspecified atom stereocenters. The van der Waals surface area contributed by atoms with Crippen LogP contribution in [0.15, 0.2) is 24.3 Å². The molecule has 0 spiro atoms. The first kappa shape index (κ1) is 13.9. The number of ether oxygens (including phenoxy) is 1. The monoisotopic (exact) mass is 291 g/mol. The summed E-state index contributed by atoms with van der Waals surface area (Å²) in [7, 11) is 0. The third-order valence-electron chi connectivity index (χ3n) is 4.13. The molecule has 0 bridgehead atoms. The van der Waals surface area contributed by atoms with Crippen LogP contribution in [0.3, 0.4) is 0 Å². The van der Waals surface area contributed by atoms with Crippen molar-refractivity contribution < 1.29 is 4.74 Å². The fourth-order valence-corrected chi connectivity index (χ4v) is 4.10. The highest BCUT2D eigenvalue weighted by atomic mass is 32.1. The topological polar surface area (TPSA) is 60.2 Å². The van der Waals surface area contributed by atoms with E-state index >= 15 is 0 Å². The van der Waals surface area contributed by atoms with Crippen LogP contribution >= 0.6 is 11.3 Å². The van der Waals surface area contributed by atoms with Crippen molar-refractivity contribution in [1.82, 2.24) is 10.4 Å². The maximum absolute atomic E-state index is 5.78. The van der Waals surface area contributed by atoms with E-state index in [1.165, 1.54) is 4.70 Å². The molecular weight excluding hydrogens is 270 g/mol. The van der Waals surface area contributed by atoms with Gasteiger partial charge >= 0.3 is 0 Å². The summed E-state index contributed by atoms with van der Waals surface area (Å²) >= 11 is 1.76. The number of benzene rings is 1. The van der Waals surface area contributed by atoms with Crippen molar-refractivity contribution in [3.8, 4) is 0 Å². The number of nitrogens with two attached hydrogens (primary N) is 1. The predicted octanol–water partition coefficient (Wildman–Crippen LogP) is 2.49. The number of hydrogen-bond donors (Lipinski definition) is 2. The predicted molar refractivity (Wildman–Crippen MR) is 82.6 cm³/mol. The largest absolute Gasteiger partial charge is 0.378 e. The van der Waals surface area contributed by atoms with Crippen molar-refractivity contribution in [3.63, 3.8) is 0 Å². The van der Waals surface area contributed by atoms with E-state index in [0.29, 0.717) is 12.0 Å². The molecule has 1 aromatic carbocycles. The number of nitrogens with one attached hydrogen (secondary N) is 1. The standard InChI is InChI=1S/C15H21N3OS/c1-2-13-10(7-8-19-13)12(18-16)9-15-17-11-5-3-4-6-14(11)20-15/h3-6,10,12-13,18H,2,7-9,16H2,1H3. The number of hydrogen-bond acceptors (Lipinski definition) is 5. The second-order valence-electron chi connectivity index (χ2n) is 5.32. The van der Waals surface area contributed by atoms with Crippen LogP contribution in [-0.2, 0) is 11.2 Å². The molecule has 3 atom stereocenters. The molecule has 5 heteroatoms. The molecule has 0 aliphatic carbocycles. The van der Waals surface area contributed by atoms with Crippen LogP contribution in [0.25, 0.3) is 10.2 Å². The highest BCUT2D eigenvalue weighted by molar-refractivity contribution is 7.18. The van der Waals surface area contributed by atoms with Gasteiger partial charge in [-0.15, -0.1) is 11.3 Å². The molecule has 2 aromatic rings. The second kappa shape index (κ2) is 6.18. The van der Waals surface area contributed by atoms with Gasteiger partial charge in [-0.05, 0) is 25.0 Å². The fourth-order valence-electron chi connectivity index (χ4n) is 3.08. The molecule has 0 radical (unpaired) electrons. The maximum atomic E-state index is 5.78. The summed E-state index contributed by atoms with van der Waals surface area (Å²) in [6.45, 7) is 3.02. The zero-order valence-electron chi connectivity index (χ0n) is 11.7. The molecule has 0 amide bonds. The Kier molecular flexibility index (Phi) is 4.31. The Morgan fingerprint density at radius 1 is 1.50 bits per heavy atom. The van der Waals surface area contributed by atoms with E-state index in [-0.39, 0.29) is 6.04 Å². The zero-order valence-corrected chi connectivity index (χ0v) is 12.5. The van der Waals surface area contributed by atoms with Gasteiger partial charge in [-0.25, -0.2) is 4.98 Å². The number of aromatic nitrogens is 1. The van der Waals surface area contributed by atoms with Crippen LogP contribution in [0.2, 0.25) is 0 Å². The minimum Gasteiger partial charge on any atom is -0.378 e. The lowest BCUT2D eigenvalue weighted by atomic mass is 9.90. The van der Waals surface area contributed by atoms with Crippen molar-refractivity contribution >= 4 is 21.6 Å². The number of para-hydroxylation sites is 1. The van der Waals surface area contributed by atoms with Crippen molar-refractivity contribution in [2.45, 2.75) is 38.3 Å². The number of nitrogens with zero attached hydrogens (tertiary/aromatic N) is 1. The Labute approximate surface area is 123 Å². The average molecular weight is 291 g/mol. The Bertz CT molecular complexity index is 538. The van der Waals surface area contributed by atoms with Gasteiger partial charge in [-0.2, -0.15) is 0 Å². The van der Waals surface area contributed by atoms with E-state index in [9.17, 15) is 0 Å². The first-order valence-corrected chi connectivity index (χ1v) is 8.05. The Morgan fingerprint density at radius 3 is 3.10 bits per heavy atom.